The van der Waals surface area contributed by atoms with Crippen molar-refractivity contribution in [2.75, 3.05) is 19.7 Å². The van der Waals surface area contributed by atoms with Crippen molar-refractivity contribution in [2.45, 2.75) is 57.5 Å². The Morgan fingerprint density at radius 2 is 1.80 bits per heavy atom. The molecule has 0 amide bonds. The van der Waals surface area contributed by atoms with Gasteiger partial charge in [-0.2, -0.15) is 0 Å². The lowest BCUT2D eigenvalue weighted by molar-refractivity contribution is -0.0664. The number of hydrogen-bond donors (Lipinski definition) is 1. The molecule has 112 valence electrons. The summed E-state index contributed by atoms with van der Waals surface area (Å²) < 4.78 is 6.38. The second-order valence-electron chi connectivity index (χ2n) is 6.00. The molecule has 1 N–H and O–H groups in total. The molecule has 2 rings (SSSR count). The highest BCUT2D eigenvalue weighted by Gasteiger charge is 2.32. The molecular formula is C18H29NO. The van der Waals surface area contributed by atoms with Crippen molar-refractivity contribution in [1.82, 2.24) is 5.32 Å². The van der Waals surface area contributed by atoms with Gasteiger partial charge in [0.1, 0.15) is 0 Å². The summed E-state index contributed by atoms with van der Waals surface area (Å²) in [4.78, 5) is 0. The number of nitrogens with one attached hydrogen (secondary N) is 1. The predicted octanol–water partition coefficient (Wildman–Crippen LogP) is 3.95. The Labute approximate surface area is 123 Å². The summed E-state index contributed by atoms with van der Waals surface area (Å²) in [7, 11) is 0. The van der Waals surface area contributed by atoms with Crippen molar-refractivity contribution in [2.24, 2.45) is 0 Å². The standard InChI is InChI=1S/C18H29NO/c1-2-3-4-8-15-20-18(11-13-19-14-12-18)16-17-9-6-5-7-10-17/h5-7,9-10,19H,2-4,8,11-16H2,1H3. The van der Waals surface area contributed by atoms with E-state index in [-0.39, 0.29) is 5.60 Å². The highest BCUT2D eigenvalue weighted by molar-refractivity contribution is 5.17. The Morgan fingerprint density at radius 1 is 1.05 bits per heavy atom. The van der Waals surface area contributed by atoms with Crippen LogP contribution in [0.5, 0.6) is 0 Å². The van der Waals surface area contributed by atoms with Crippen LogP contribution < -0.4 is 5.32 Å². The molecular weight excluding hydrogens is 246 g/mol. The van der Waals surface area contributed by atoms with Gasteiger partial charge >= 0.3 is 0 Å². The number of benzene rings is 1. The Morgan fingerprint density at radius 3 is 2.50 bits per heavy atom. The van der Waals surface area contributed by atoms with Crippen LogP contribution in [0.4, 0.5) is 0 Å². The summed E-state index contributed by atoms with van der Waals surface area (Å²) >= 11 is 0. The minimum Gasteiger partial charge on any atom is -0.375 e. The maximum absolute atomic E-state index is 6.38. The van der Waals surface area contributed by atoms with E-state index in [4.69, 9.17) is 4.74 Å². The number of hydrogen-bond acceptors (Lipinski definition) is 2. The Bertz CT molecular complexity index is 357. The van der Waals surface area contributed by atoms with Crippen LogP contribution in [0.1, 0.15) is 51.0 Å². The monoisotopic (exact) mass is 275 g/mol. The molecule has 0 atom stereocenters. The Balaban J connectivity index is 1.88. The van der Waals surface area contributed by atoms with Crippen LogP contribution in [0.2, 0.25) is 0 Å². The fourth-order valence-corrected chi connectivity index (χ4v) is 3.04. The first-order valence-electron chi connectivity index (χ1n) is 8.23. The van der Waals surface area contributed by atoms with Gasteiger partial charge in [0.15, 0.2) is 0 Å². The number of rotatable bonds is 8. The molecule has 2 heteroatoms. The van der Waals surface area contributed by atoms with Crippen molar-refractivity contribution in [3.8, 4) is 0 Å². The summed E-state index contributed by atoms with van der Waals surface area (Å²) in [5, 5.41) is 3.46. The minimum absolute atomic E-state index is 0.0683. The van der Waals surface area contributed by atoms with E-state index in [2.05, 4.69) is 42.6 Å². The van der Waals surface area contributed by atoms with Crippen molar-refractivity contribution in [3.05, 3.63) is 35.9 Å². The number of ether oxygens (including phenoxy) is 1. The predicted molar refractivity (Wildman–Crippen MR) is 85.1 cm³/mol. The molecule has 0 bridgehead atoms. The molecule has 1 aliphatic heterocycles. The van der Waals surface area contributed by atoms with Crippen LogP contribution in [0, 0.1) is 0 Å². The molecule has 2 nitrogen and oxygen atoms in total. The highest BCUT2D eigenvalue weighted by Crippen LogP contribution is 2.28. The van der Waals surface area contributed by atoms with Crippen LogP contribution in [0.15, 0.2) is 30.3 Å². The molecule has 0 aromatic heterocycles. The normalized spacial score (nSPS) is 18.1. The van der Waals surface area contributed by atoms with Crippen LogP contribution in [-0.4, -0.2) is 25.3 Å². The summed E-state index contributed by atoms with van der Waals surface area (Å²) in [6.07, 6.45) is 8.46. The third kappa shape index (κ3) is 4.92. The lowest BCUT2D eigenvalue weighted by atomic mass is 9.85. The molecule has 0 spiro atoms. The van der Waals surface area contributed by atoms with Crippen LogP contribution in [0.25, 0.3) is 0 Å². The Hall–Kier alpha value is -0.860. The molecule has 0 unspecified atom stereocenters. The first kappa shape index (κ1) is 15.5. The van der Waals surface area contributed by atoms with Gasteiger partial charge in [-0.15, -0.1) is 0 Å². The Kier molecular flexibility index (Phi) is 6.55. The van der Waals surface area contributed by atoms with Gasteiger partial charge in [0.2, 0.25) is 0 Å². The van der Waals surface area contributed by atoms with Gasteiger partial charge < -0.3 is 10.1 Å². The van der Waals surface area contributed by atoms with Crippen molar-refractivity contribution in [1.29, 1.82) is 0 Å². The lowest BCUT2D eigenvalue weighted by Crippen LogP contribution is -2.45. The van der Waals surface area contributed by atoms with Gasteiger partial charge in [-0.25, -0.2) is 0 Å². The third-order valence-electron chi connectivity index (χ3n) is 4.29. The van der Waals surface area contributed by atoms with E-state index in [1.807, 2.05) is 0 Å². The third-order valence-corrected chi connectivity index (χ3v) is 4.29. The lowest BCUT2D eigenvalue weighted by Gasteiger charge is -2.38. The molecule has 20 heavy (non-hydrogen) atoms. The number of unbranched alkanes of at least 4 members (excludes halogenated alkanes) is 3. The minimum atomic E-state index is 0.0683. The molecule has 1 heterocycles. The first-order chi connectivity index (χ1) is 9.85. The van der Waals surface area contributed by atoms with Gasteiger partial charge in [0.05, 0.1) is 5.60 Å². The maximum Gasteiger partial charge on any atom is 0.0746 e. The molecule has 1 aromatic carbocycles. The molecule has 0 saturated carbocycles. The van der Waals surface area contributed by atoms with E-state index < -0.39 is 0 Å². The molecule has 0 aliphatic carbocycles. The summed E-state index contributed by atoms with van der Waals surface area (Å²) in [6.45, 7) is 5.35. The van der Waals surface area contributed by atoms with Gasteiger partial charge in [-0.3, -0.25) is 0 Å². The molecule has 1 aromatic rings. The van der Waals surface area contributed by atoms with E-state index >= 15 is 0 Å². The summed E-state index contributed by atoms with van der Waals surface area (Å²) in [6, 6.07) is 10.8. The summed E-state index contributed by atoms with van der Waals surface area (Å²) in [5.41, 5.74) is 1.47. The zero-order valence-electron chi connectivity index (χ0n) is 12.9. The van der Waals surface area contributed by atoms with E-state index in [0.717, 1.165) is 39.0 Å². The molecule has 0 radical (unpaired) electrons. The summed E-state index contributed by atoms with van der Waals surface area (Å²) in [5.74, 6) is 0. The van der Waals surface area contributed by atoms with Crippen LogP contribution >= 0.6 is 0 Å². The second kappa shape index (κ2) is 8.43. The van der Waals surface area contributed by atoms with E-state index in [9.17, 15) is 0 Å². The highest BCUT2D eigenvalue weighted by atomic mass is 16.5. The van der Waals surface area contributed by atoms with Crippen LogP contribution in [-0.2, 0) is 11.2 Å². The van der Waals surface area contributed by atoms with Crippen LogP contribution in [0.3, 0.4) is 0 Å². The van der Waals surface area contributed by atoms with Crippen molar-refractivity contribution < 1.29 is 4.74 Å². The largest absolute Gasteiger partial charge is 0.375 e. The van der Waals surface area contributed by atoms with Crippen molar-refractivity contribution >= 4 is 0 Å². The molecule has 1 fully saturated rings. The van der Waals surface area contributed by atoms with Gasteiger partial charge in [-0.05, 0) is 37.9 Å². The fraction of sp³-hybridized carbons (Fsp3) is 0.667. The SMILES string of the molecule is CCCCCCOC1(Cc2ccccc2)CCNCC1. The second-order valence-corrected chi connectivity index (χ2v) is 6.00. The zero-order chi connectivity index (χ0) is 14.1. The maximum atomic E-state index is 6.38. The first-order valence-corrected chi connectivity index (χ1v) is 8.23. The van der Waals surface area contributed by atoms with E-state index in [1.54, 1.807) is 0 Å². The average molecular weight is 275 g/mol. The topological polar surface area (TPSA) is 21.3 Å². The van der Waals surface area contributed by atoms with Gasteiger partial charge in [0, 0.05) is 13.0 Å². The average Bonchev–Trinajstić information content (AvgIpc) is 2.49. The smallest absolute Gasteiger partial charge is 0.0746 e. The van der Waals surface area contributed by atoms with Crippen molar-refractivity contribution in [3.63, 3.8) is 0 Å². The number of piperidine rings is 1. The van der Waals surface area contributed by atoms with Gasteiger partial charge in [0.25, 0.3) is 0 Å². The van der Waals surface area contributed by atoms with E-state index in [0.29, 0.717) is 0 Å². The fourth-order valence-electron chi connectivity index (χ4n) is 3.04. The quantitative estimate of drug-likeness (QED) is 0.725. The zero-order valence-corrected chi connectivity index (χ0v) is 12.9. The molecule has 1 saturated heterocycles. The molecule has 1 aliphatic rings. The van der Waals surface area contributed by atoms with Gasteiger partial charge in [-0.1, -0.05) is 56.5 Å². The van der Waals surface area contributed by atoms with E-state index in [1.165, 1.54) is 31.2 Å².